The Morgan fingerprint density at radius 3 is 2.43 bits per heavy atom. The molecule has 1 aliphatic heterocycles. The van der Waals surface area contributed by atoms with Crippen LogP contribution in [0.1, 0.15) is 26.3 Å². The molecular weight excluding hydrogens is 378 g/mol. The Bertz CT molecular complexity index is 581. The summed E-state index contributed by atoms with van der Waals surface area (Å²) in [6, 6.07) is 3.57. The molecule has 1 N–H and O–H groups in total. The molecule has 7 heteroatoms. The smallest absolute Gasteiger partial charge is 0.144 e. The second kappa shape index (κ2) is 7.42. The third-order valence-electron chi connectivity index (χ3n) is 3.75. The molecule has 0 bridgehead atoms. The summed E-state index contributed by atoms with van der Waals surface area (Å²) in [6.07, 6.45) is 1.55. The largest absolute Gasteiger partial charge is 0.591 e. The lowest BCUT2D eigenvalue weighted by atomic mass is 10.1. The fourth-order valence-electron chi connectivity index (χ4n) is 2.23. The molecule has 1 aromatic rings. The van der Waals surface area contributed by atoms with Crippen molar-refractivity contribution < 1.29 is 9.66 Å². The first-order chi connectivity index (χ1) is 10.7. The zero-order chi connectivity index (χ0) is 17.2. The van der Waals surface area contributed by atoms with Crippen molar-refractivity contribution in [3.05, 3.63) is 22.2 Å². The van der Waals surface area contributed by atoms with Crippen molar-refractivity contribution in [3.8, 4) is 5.75 Å². The topological polar surface area (TPSA) is 62.1 Å². The summed E-state index contributed by atoms with van der Waals surface area (Å²) in [6.45, 7) is 9.36. The molecule has 0 unspecified atom stereocenters. The minimum Gasteiger partial charge on any atom is -0.591 e. The second-order valence-electron chi connectivity index (χ2n) is 6.75. The van der Waals surface area contributed by atoms with Crippen LogP contribution < -0.4 is 4.90 Å². The molecule has 0 amide bonds. The Morgan fingerprint density at radius 2 is 1.87 bits per heavy atom. The van der Waals surface area contributed by atoms with Gasteiger partial charge < -0.3 is 19.5 Å². The van der Waals surface area contributed by atoms with Crippen molar-refractivity contribution in [1.29, 1.82) is 0 Å². The van der Waals surface area contributed by atoms with Gasteiger partial charge in [0.05, 0.1) is 11.9 Å². The van der Waals surface area contributed by atoms with Gasteiger partial charge in [-0.2, -0.15) is 0 Å². The predicted molar refractivity (Wildman–Crippen MR) is 101 cm³/mol. The summed E-state index contributed by atoms with van der Waals surface area (Å²) in [5.41, 5.74) is 1.54. The minimum atomic E-state index is -1.32. The van der Waals surface area contributed by atoms with E-state index in [-0.39, 0.29) is 5.75 Å². The number of phenols is 1. The van der Waals surface area contributed by atoms with Crippen LogP contribution in [-0.4, -0.2) is 58.7 Å². The van der Waals surface area contributed by atoms with Crippen molar-refractivity contribution >= 4 is 39.2 Å². The van der Waals surface area contributed by atoms with Crippen LogP contribution in [-0.2, 0) is 11.4 Å². The van der Waals surface area contributed by atoms with Crippen LogP contribution in [0.5, 0.6) is 5.75 Å². The van der Waals surface area contributed by atoms with Gasteiger partial charge in [0.1, 0.15) is 21.9 Å². The normalized spacial score (nSPS) is 18.6. The third-order valence-corrected chi connectivity index (χ3v) is 5.78. The number of aromatic hydroxyl groups is 1. The van der Waals surface area contributed by atoms with Gasteiger partial charge in [0, 0.05) is 36.2 Å². The average Bonchev–Trinajstić information content (AvgIpc) is 2.47. The molecule has 1 saturated heterocycles. The predicted octanol–water partition coefficient (Wildman–Crippen LogP) is 2.79. The Hall–Kier alpha value is -0.760. The van der Waals surface area contributed by atoms with Gasteiger partial charge >= 0.3 is 0 Å². The SMILES string of the molecule is CN1CCN(c2cc(Br)c(C=N[S@+]([O-])C(C)(C)C)cc2O)CC1. The quantitative estimate of drug-likeness (QED) is 0.624. The van der Waals surface area contributed by atoms with Gasteiger partial charge in [-0.1, -0.05) is 20.3 Å². The molecule has 0 aliphatic carbocycles. The number of piperazine rings is 1. The van der Waals surface area contributed by atoms with Gasteiger partial charge in [-0.25, -0.2) is 0 Å². The van der Waals surface area contributed by atoms with E-state index in [9.17, 15) is 9.66 Å². The van der Waals surface area contributed by atoms with E-state index in [1.807, 2.05) is 26.8 Å². The number of rotatable bonds is 3. The highest BCUT2D eigenvalue weighted by Gasteiger charge is 2.26. The van der Waals surface area contributed by atoms with Crippen molar-refractivity contribution in [3.63, 3.8) is 0 Å². The number of nitrogens with zero attached hydrogens (tertiary/aromatic N) is 3. The van der Waals surface area contributed by atoms with Crippen LogP contribution in [0.3, 0.4) is 0 Å². The van der Waals surface area contributed by atoms with Gasteiger partial charge in [-0.3, -0.25) is 0 Å². The monoisotopic (exact) mass is 401 g/mol. The number of likely N-dealkylation sites (N-methyl/N-ethyl adjacent to an activating group) is 1. The van der Waals surface area contributed by atoms with Gasteiger partial charge in [0.15, 0.2) is 0 Å². The summed E-state index contributed by atoms with van der Waals surface area (Å²) >= 11 is 2.21. The molecular formula is C16H24BrN3O2S. The summed E-state index contributed by atoms with van der Waals surface area (Å²) in [7, 11) is 2.10. The average molecular weight is 402 g/mol. The maximum Gasteiger partial charge on any atom is 0.144 e. The maximum atomic E-state index is 12.0. The Kier molecular flexibility index (Phi) is 5.99. The summed E-state index contributed by atoms with van der Waals surface area (Å²) in [5, 5.41) is 10.3. The molecule has 0 saturated carbocycles. The summed E-state index contributed by atoms with van der Waals surface area (Å²) < 4.78 is 16.5. The molecule has 2 rings (SSSR count). The van der Waals surface area contributed by atoms with E-state index in [0.717, 1.165) is 41.9 Å². The molecule has 0 radical (unpaired) electrons. The van der Waals surface area contributed by atoms with Crippen LogP contribution in [0, 0.1) is 0 Å². The highest BCUT2D eigenvalue weighted by Crippen LogP contribution is 2.33. The standard InChI is InChI=1S/C16H24BrN3O2S/c1-16(2,3)23(22)18-11-12-9-15(21)14(10-13(12)17)20-7-5-19(4)6-8-20/h9-11,21H,5-8H2,1-4H3/t23-/m1/s1. The van der Waals surface area contributed by atoms with E-state index in [1.165, 1.54) is 0 Å². The Morgan fingerprint density at radius 1 is 1.26 bits per heavy atom. The van der Waals surface area contributed by atoms with Crippen molar-refractivity contribution in [1.82, 2.24) is 4.90 Å². The van der Waals surface area contributed by atoms with Gasteiger partial charge in [-0.05, 0) is 40.0 Å². The lowest BCUT2D eigenvalue weighted by Gasteiger charge is -2.34. The van der Waals surface area contributed by atoms with E-state index < -0.39 is 16.1 Å². The van der Waals surface area contributed by atoms with Crippen LogP contribution in [0.15, 0.2) is 21.0 Å². The lowest BCUT2D eigenvalue weighted by molar-refractivity contribution is 0.311. The number of anilines is 1. The molecule has 1 aliphatic rings. The molecule has 1 heterocycles. The van der Waals surface area contributed by atoms with Crippen LogP contribution in [0.25, 0.3) is 0 Å². The van der Waals surface area contributed by atoms with E-state index in [4.69, 9.17) is 0 Å². The first-order valence-corrected chi connectivity index (χ1v) is 9.50. The second-order valence-corrected chi connectivity index (χ2v) is 9.54. The van der Waals surface area contributed by atoms with Crippen molar-refractivity contribution in [2.75, 3.05) is 38.1 Å². The van der Waals surface area contributed by atoms with Gasteiger partial charge in [-0.15, -0.1) is 0 Å². The highest BCUT2D eigenvalue weighted by molar-refractivity contribution is 9.10. The van der Waals surface area contributed by atoms with E-state index >= 15 is 0 Å². The van der Waals surface area contributed by atoms with Crippen LogP contribution >= 0.6 is 15.9 Å². The molecule has 0 aromatic heterocycles. The molecule has 128 valence electrons. The van der Waals surface area contributed by atoms with E-state index in [1.54, 1.807) is 12.3 Å². The fraction of sp³-hybridized carbons (Fsp3) is 0.562. The zero-order valence-corrected chi connectivity index (χ0v) is 16.4. The maximum absolute atomic E-state index is 12.0. The molecule has 1 fully saturated rings. The highest BCUT2D eigenvalue weighted by atomic mass is 79.9. The Labute approximate surface area is 149 Å². The molecule has 1 aromatic carbocycles. The molecule has 0 spiro atoms. The number of halogens is 1. The summed E-state index contributed by atoms with van der Waals surface area (Å²) in [4.78, 5) is 4.44. The van der Waals surface area contributed by atoms with E-state index in [2.05, 4.69) is 37.2 Å². The zero-order valence-electron chi connectivity index (χ0n) is 14.0. The summed E-state index contributed by atoms with van der Waals surface area (Å²) in [5.74, 6) is 0.223. The Balaban J connectivity index is 2.19. The first kappa shape index (κ1) is 18.6. The lowest BCUT2D eigenvalue weighted by Crippen LogP contribution is -2.44. The van der Waals surface area contributed by atoms with Crippen LogP contribution in [0.4, 0.5) is 5.69 Å². The molecule has 5 nitrogen and oxygen atoms in total. The number of hydrogen-bond acceptors (Lipinski definition) is 5. The van der Waals surface area contributed by atoms with Gasteiger partial charge in [0.2, 0.25) is 0 Å². The van der Waals surface area contributed by atoms with Gasteiger partial charge in [0.25, 0.3) is 0 Å². The number of phenolic OH excluding ortho intramolecular Hbond substituents is 1. The van der Waals surface area contributed by atoms with Crippen molar-refractivity contribution in [2.45, 2.75) is 25.5 Å². The third kappa shape index (κ3) is 4.86. The number of benzene rings is 1. The van der Waals surface area contributed by atoms with Crippen LogP contribution in [0.2, 0.25) is 0 Å². The minimum absolute atomic E-state index is 0.223. The first-order valence-electron chi connectivity index (χ1n) is 7.60. The molecule has 23 heavy (non-hydrogen) atoms. The fourth-order valence-corrected chi connectivity index (χ4v) is 3.19. The van der Waals surface area contributed by atoms with Crippen molar-refractivity contribution in [2.24, 2.45) is 4.40 Å². The number of hydrogen-bond donors (Lipinski definition) is 1. The van der Waals surface area contributed by atoms with E-state index in [0.29, 0.717) is 0 Å². The molecule has 1 atom stereocenters.